The van der Waals surface area contributed by atoms with Crippen molar-refractivity contribution >= 4 is 23.4 Å². The number of rotatable bonds is 5. The molecule has 2 rings (SSSR count). The van der Waals surface area contributed by atoms with Crippen LogP contribution >= 0.6 is 23.4 Å². The number of halogens is 1. The lowest BCUT2D eigenvalue weighted by Gasteiger charge is -2.10. The summed E-state index contributed by atoms with van der Waals surface area (Å²) >= 11 is 7.87. The number of hydrogen-bond donors (Lipinski definition) is 1. The van der Waals surface area contributed by atoms with Crippen LogP contribution in [0.1, 0.15) is 24.7 Å². The highest BCUT2D eigenvalue weighted by atomic mass is 35.5. The smallest absolute Gasteiger partial charge is 0.195 e. The lowest BCUT2D eigenvalue weighted by Crippen LogP contribution is -2.21. The first-order chi connectivity index (χ1) is 9.51. The number of nitrogens with two attached hydrogens (primary N) is 1. The molecule has 0 amide bonds. The van der Waals surface area contributed by atoms with Crippen LogP contribution in [-0.2, 0) is 13.5 Å². The van der Waals surface area contributed by atoms with E-state index >= 15 is 0 Å². The normalized spacial score (nSPS) is 12.7. The summed E-state index contributed by atoms with van der Waals surface area (Å²) in [6, 6.07) is 6.27. The molecule has 2 aromatic rings. The van der Waals surface area contributed by atoms with E-state index in [0.29, 0.717) is 0 Å². The topological polar surface area (TPSA) is 56.7 Å². The molecule has 0 bridgehead atoms. The van der Waals surface area contributed by atoms with Crippen molar-refractivity contribution in [1.82, 2.24) is 14.8 Å². The van der Waals surface area contributed by atoms with E-state index < -0.39 is 0 Å². The third kappa shape index (κ3) is 3.53. The Labute approximate surface area is 128 Å². The van der Waals surface area contributed by atoms with Gasteiger partial charge in [-0.25, -0.2) is 0 Å². The van der Waals surface area contributed by atoms with Crippen LogP contribution in [-0.4, -0.2) is 20.8 Å². The molecule has 108 valence electrons. The number of hydrogen-bond acceptors (Lipinski definition) is 4. The molecule has 4 nitrogen and oxygen atoms in total. The van der Waals surface area contributed by atoms with Crippen LogP contribution < -0.4 is 5.73 Å². The molecule has 1 atom stereocenters. The molecule has 1 aromatic heterocycles. The van der Waals surface area contributed by atoms with Gasteiger partial charge in [0.2, 0.25) is 0 Å². The third-order valence-electron chi connectivity index (χ3n) is 3.27. The van der Waals surface area contributed by atoms with Gasteiger partial charge in [-0.05, 0) is 49.2 Å². The van der Waals surface area contributed by atoms with Crippen molar-refractivity contribution in [1.29, 1.82) is 0 Å². The molecule has 1 unspecified atom stereocenters. The Balaban J connectivity index is 2.15. The lowest BCUT2D eigenvalue weighted by molar-refractivity contribution is 0.646. The molecule has 20 heavy (non-hydrogen) atoms. The Hall–Kier alpha value is -1.04. The van der Waals surface area contributed by atoms with E-state index in [1.54, 1.807) is 0 Å². The number of aromatic nitrogens is 3. The van der Waals surface area contributed by atoms with Crippen molar-refractivity contribution in [2.45, 2.75) is 42.8 Å². The van der Waals surface area contributed by atoms with Crippen LogP contribution in [0, 0.1) is 6.92 Å². The molecule has 2 N–H and O–H groups in total. The highest BCUT2D eigenvalue weighted by Crippen LogP contribution is 2.33. The second-order valence-electron chi connectivity index (χ2n) is 4.83. The highest BCUT2D eigenvalue weighted by Gasteiger charge is 2.11. The van der Waals surface area contributed by atoms with Crippen molar-refractivity contribution in [3.63, 3.8) is 0 Å². The minimum Gasteiger partial charge on any atom is -0.327 e. The van der Waals surface area contributed by atoms with E-state index in [0.717, 1.165) is 33.7 Å². The van der Waals surface area contributed by atoms with Gasteiger partial charge in [-0.3, -0.25) is 0 Å². The predicted molar refractivity (Wildman–Crippen MR) is 83.3 cm³/mol. The summed E-state index contributed by atoms with van der Waals surface area (Å²) in [6.07, 6.45) is 1.82. The molecule has 0 radical (unpaired) electrons. The fourth-order valence-corrected chi connectivity index (χ4v) is 2.93. The van der Waals surface area contributed by atoms with Crippen LogP contribution in [0.2, 0.25) is 5.02 Å². The Kier molecular flexibility index (Phi) is 5.07. The van der Waals surface area contributed by atoms with Crippen LogP contribution in [0.5, 0.6) is 0 Å². The summed E-state index contributed by atoms with van der Waals surface area (Å²) in [4.78, 5) is 0.982. The van der Waals surface area contributed by atoms with Crippen LogP contribution in [0.4, 0.5) is 0 Å². The summed E-state index contributed by atoms with van der Waals surface area (Å²) in [5.74, 6) is 0.883. The van der Waals surface area contributed by atoms with E-state index in [1.807, 2.05) is 30.7 Å². The average molecular weight is 311 g/mol. The summed E-state index contributed by atoms with van der Waals surface area (Å²) in [6.45, 7) is 4.01. The first kappa shape index (κ1) is 15.4. The van der Waals surface area contributed by atoms with Gasteiger partial charge in [-0.1, -0.05) is 24.6 Å². The van der Waals surface area contributed by atoms with Crippen LogP contribution in [0.25, 0.3) is 0 Å². The van der Waals surface area contributed by atoms with Gasteiger partial charge in [0.25, 0.3) is 0 Å². The van der Waals surface area contributed by atoms with Gasteiger partial charge in [0, 0.05) is 18.0 Å². The highest BCUT2D eigenvalue weighted by molar-refractivity contribution is 7.99. The van der Waals surface area contributed by atoms with E-state index in [4.69, 9.17) is 17.3 Å². The van der Waals surface area contributed by atoms with E-state index in [1.165, 1.54) is 17.3 Å². The van der Waals surface area contributed by atoms with Gasteiger partial charge >= 0.3 is 0 Å². The van der Waals surface area contributed by atoms with Crippen LogP contribution in [0.15, 0.2) is 28.3 Å². The molecular weight excluding hydrogens is 292 g/mol. The molecule has 6 heteroatoms. The van der Waals surface area contributed by atoms with Gasteiger partial charge in [0.1, 0.15) is 5.82 Å². The molecular formula is C14H19ClN4S. The first-order valence-electron chi connectivity index (χ1n) is 6.59. The first-order valence-corrected chi connectivity index (χ1v) is 7.78. The number of benzene rings is 1. The van der Waals surface area contributed by atoms with Gasteiger partial charge in [-0.2, -0.15) is 0 Å². The lowest BCUT2D eigenvalue weighted by atomic mass is 10.1. The van der Waals surface area contributed by atoms with Crippen molar-refractivity contribution in [3.8, 4) is 0 Å². The molecule has 0 aliphatic carbocycles. The van der Waals surface area contributed by atoms with Crippen molar-refractivity contribution in [2.24, 2.45) is 12.8 Å². The zero-order valence-corrected chi connectivity index (χ0v) is 13.5. The second-order valence-corrected chi connectivity index (χ2v) is 6.24. The Morgan fingerprint density at radius 3 is 2.70 bits per heavy atom. The summed E-state index contributed by atoms with van der Waals surface area (Å²) in [5, 5.41) is 9.74. The van der Waals surface area contributed by atoms with E-state index in [-0.39, 0.29) is 6.04 Å². The average Bonchev–Trinajstić information content (AvgIpc) is 2.73. The largest absolute Gasteiger partial charge is 0.327 e. The SMILES string of the molecule is CCC(N)Cc1ccc(Sc2nnc(C)n2C)c(Cl)c1. The standard InChI is InChI=1S/C14H19ClN4S/c1-4-11(16)7-10-5-6-13(12(15)8-10)20-14-18-17-9(2)19(14)3/h5-6,8,11H,4,7,16H2,1-3H3. The molecule has 0 spiro atoms. The fourth-order valence-electron chi connectivity index (χ4n) is 1.78. The van der Waals surface area contributed by atoms with Crippen molar-refractivity contribution in [3.05, 3.63) is 34.6 Å². The zero-order valence-electron chi connectivity index (χ0n) is 11.9. The van der Waals surface area contributed by atoms with Gasteiger partial charge < -0.3 is 10.3 Å². The maximum atomic E-state index is 6.35. The monoisotopic (exact) mass is 310 g/mol. The minimum absolute atomic E-state index is 0.186. The van der Waals surface area contributed by atoms with E-state index in [2.05, 4.69) is 23.2 Å². The molecule has 0 fully saturated rings. The molecule has 0 saturated heterocycles. The summed E-state index contributed by atoms with van der Waals surface area (Å²) < 4.78 is 1.95. The van der Waals surface area contributed by atoms with Gasteiger partial charge in [-0.15, -0.1) is 10.2 Å². The summed E-state index contributed by atoms with van der Waals surface area (Å²) in [7, 11) is 1.94. The fraction of sp³-hybridized carbons (Fsp3) is 0.429. The predicted octanol–water partition coefficient (Wildman–Crippen LogP) is 3.21. The van der Waals surface area contributed by atoms with E-state index in [9.17, 15) is 0 Å². The van der Waals surface area contributed by atoms with Gasteiger partial charge in [0.15, 0.2) is 5.16 Å². The molecule has 0 aliphatic rings. The number of aryl methyl sites for hydroxylation is 1. The Bertz CT molecular complexity index is 597. The van der Waals surface area contributed by atoms with Gasteiger partial charge in [0.05, 0.1) is 5.02 Å². The zero-order chi connectivity index (χ0) is 14.7. The molecule has 1 heterocycles. The minimum atomic E-state index is 0.186. The molecule has 0 saturated carbocycles. The number of nitrogens with zero attached hydrogens (tertiary/aromatic N) is 3. The Morgan fingerprint density at radius 2 is 2.15 bits per heavy atom. The maximum absolute atomic E-state index is 6.35. The van der Waals surface area contributed by atoms with Crippen molar-refractivity contribution in [2.75, 3.05) is 0 Å². The molecule has 0 aliphatic heterocycles. The van der Waals surface area contributed by atoms with Crippen LogP contribution in [0.3, 0.4) is 0 Å². The molecule has 1 aromatic carbocycles. The quantitative estimate of drug-likeness (QED) is 0.921. The maximum Gasteiger partial charge on any atom is 0.195 e. The Morgan fingerprint density at radius 1 is 1.40 bits per heavy atom. The third-order valence-corrected chi connectivity index (χ3v) is 4.81. The second kappa shape index (κ2) is 6.61. The summed E-state index contributed by atoms with van der Waals surface area (Å²) in [5.41, 5.74) is 7.14. The van der Waals surface area contributed by atoms with Crippen molar-refractivity contribution < 1.29 is 0 Å².